The number of hydrogen-bond donors (Lipinski definition) is 0. The second-order valence-corrected chi connectivity index (χ2v) is 7.73. The SMILES string of the molecule is O=C(Cn1c(=O)cnc2ccccc21)N1CCN(C(=O)c2cccc(Cl)c2Cl)CC1. The van der Waals surface area contributed by atoms with Crippen LogP contribution in [0.25, 0.3) is 11.0 Å². The number of rotatable bonds is 3. The molecule has 1 saturated heterocycles. The van der Waals surface area contributed by atoms with Crippen LogP contribution in [0.15, 0.2) is 53.5 Å². The summed E-state index contributed by atoms with van der Waals surface area (Å²) in [6.45, 7) is 1.43. The second kappa shape index (κ2) is 8.45. The third-order valence-corrected chi connectivity index (χ3v) is 5.97. The van der Waals surface area contributed by atoms with Crippen LogP contribution in [0.4, 0.5) is 0 Å². The summed E-state index contributed by atoms with van der Waals surface area (Å²) in [5.74, 6) is -0.396. The van der Waals surface area contributed by atoms with Crippen LogP contribution in [-0.4, -0.2) is 57.3 Å². The van der Waals surface area contributed by atoms with E-state index < -0.39 is 0 Å². The molecule has 4 rings (SSSR count). The number of carbonyl (C=O) groups excluding carboxylic acids is 2. The van der Waals surface area contributed by atoms with E-state index in [1.54, 1.807) is 46.2 Å². The summed E-state index contributed by atoms with van der Waals surface area (Å²) in [5.41, 5.74) is 1.28. The maximum absolute atomic E-state index is 12.8. The zero-order valence-electron chi connectivity index (χ0n) is 15.9. The first-order valence-electron chi connectivity index (χ1n) is 9.41. The zero-order valence-corrected chi connectivity index (χ0v) is 17.4. The van der Waals surface area contributed by atoms with Gasteiger partial charge in [-0.25, -0.2) is 4.98 Å². The summed E-state index contributed by atoms with van der Waals surface area (Å²) < 4.78 is 1.42. The number of fused-ring (bicyclic) bond motifs is 1. The molecule has 9 heteroatoms. The number of halogens is 2. The van der Waals surface area contributed by atoms with Crippen LogP contribution in [0.2, 0.25) is 10.0 Å². The standard InChI is InChI=1S/C21H18Cl2N4O3/c22-15-5-3-4-14(20(15)23)21(30)26-10-8-25(9-11-26)19(29)13-27-17-7-2-1-6-16(17)24-12-18(27)28/h1-7,12H,8-11,13H2. The molecule has 3 aromatic rings. The van der Waals surface area contributed by atoms with Gasteiger partial charge in [-0.15, -0.1) is 0 Å². The molecule has 1 aliphatic rings. The van der Waals surface area contributed by atoms with E-state index in [2.05, 4.69) is 4.98 Å². The highest BCUT2D eigenvalue weighted by Gasteiger charge is 2.26. The van der Waals surface area contributed by atoms with Gasteiger partial charge in [0.25, 0.3) is 11.5 Å². The highest BCUT2D eigenvalue weighted by Crippen LogP contribution is 2.26. The summed E-state index contributed by atoms with van der Waals surface area (Å²) in [6.07, 6.45) is 1.22. The predicted octanol–water partition coefficient (Wildman–Crippen LogP) is 2.69. The molecule has 2 aromatic carbocycles. The van der Waals surface area contributed by atoms with Gasteiger partial charge in [-0.1, -0.05) is 41.4 Å². The number of para-hydroxylation sites is 2. The Kier molecular flexibility index (Phi) is 5.74. The van der Waals surface area contributed by atoms with Crippen LogP contribution >= 0.6 is 23.2 Å². The number of amides is 2. The minimum Gasteiger partial charge on any atom is -0.338 e. The molecule has 7 nitrogen and oxygen atoms in total. The van der Waals surface area contributed by atoms with Gasteiger partial charge in [0.05, 0.1) is 32.8 Å². The Balaban J connectivity index is 1.44. The summed E-state index contributed by atoms with van der Waals surface area (Å²) in [6, 6.07) is 12.1. The molecule has 154 valence electrons. The quantitative estimate of drug-likeness (QED) is 0.622. The van der Waals surface area contributed by atoms with Gasteiger partial charge in [-0.05, 0) is 24.3 Å². The van der Waals surface area contributed by atoms with E-state index in [-0.39, 0.29) is 28.9 Å². The largest absolute Gasteiger partial charge is 0.338 e. The van der Waals surface area contributed by atoms with Crippen molar-refractivity contribution in [3.05, 3.63) is 74.6 Å². The lowest BCUT2D eigenvalue weighted by Crippen LogP contribution is -2.51. The van der Waals surface area contributed by atoms with Gasteiger partial charge in [-0.2, -0.15) is 0 Å². The van der Waals surface area contributed by atoms with Gasteiger partial charge in [0.15, 0.2) is 0 Å². The van der Waals surface area contributed by atoms with Gasteiger partial charge < -0.3 is 9.80 Å². The Hall–Kier alpha value is -2.90. The molecule has 2 amide bonds. The van der Waals surface area contributed by atoms with Crippen molar-refractivity contribution in [3.63, 3.8) is 0 Å². The van der Waals surface area contributed by atoms with Crippen molar-refractivity contribution in [1.29, 1.82) is 0 Å². The lowest BCUT2D eigenvalue weighted by atomic mass is 10.1. The average molecular weight is 445 g/mol. The van der Waals surface area contributed by atoms with Gasteiger partial charge in [0, 0.05) is 26.2 Å². The number of piperazine rings is 1. The summed E-state index contributed by atoms with van der Waals surface area (Å²) in [4.78, 5) is 45.2. The van der Waals surface area contributed by atoms with E-state index in [9.17, 15) is 14.4 Å². The van der Waals surface area contributed by atoms with Crippen molar-refractivity contribution in [2.75, 3.05) is 26.2 Å². The molecule has 0 atom stereocenters. The Morgan fingerprint density at radius 3 is 2.40 bits per heavy atom. The third-order valence-electron chi connectivity index (χ3n) is 5.15. The van der Waals surface area contributed by atoms with Gasteiger partial charge >= 0.3 is 0 Å². The molecule has 0 bridgehead atoms. The minimum absolute atomic E-state index is 0.0735. The zero-order chi connectivity index (χ0) is 21.3. The highest BCUT2D eigenvalue weighted by molar-refractivity contribution is 6.43. The van der Waals surface area contributed by atoms with Gasteiger partial charge in [0.1, 0.15) is 6.54 Å². The number of carbonyl (C=O) groups is 2. The molecular weight excluding hydrogens is 427 g/mol. The van der Waals surface area contributed by atoms with Crippen LogP contribution in [0.5, 0.6) is 0 Å². The molecule has 0 radical (unpaired) electrons. The van der Waals surface area contributed by atoms with E-state index in [0.29, 0.717) is 47.8 Å². The fourth-order valence-corrected chi connectivity index (χ4v) is 3.89. The Morgan fingerprint density at radius 2 is 1.63 bits per heavy atom. The summed E-state index contributed by atoms with van der Waals surface area (Å²) in [5, 5.41) is 0.554. The van der Waals surface area contributed by atoms with Crippen molar-refractivity contribution in [1.82, 2.24) is 19.4 Å². The first-order chi connectivity index (χ1) is 14.5. The van der Waals surface area contributed by atoms with Crippen LogP contribution in [-0.2, 0) is 11.3 Å². The maximum Gasteiger partial charge on any atom is 0.269 e. The molecule has 2 heterocycles. The van der Waals surface area contributed by atoms with Crippen molar-refractivity contribution in [2.45, 2.75) is 6.54 Å². The van der Waals surface area contributed by atoms with Crippen molar-refractivity contribution >= 4 is 46.0 Å². The number of nitrogens with zero attached hydrogens (tertiary/aromatic N) is 4. The van der Waals surface area contributed by atoms with Crippen LogP contribution in [0.1, 0.15) is 10.4 Å². The van der Waals surface area contributed by atoms with E-state index in [0.717, 1.165) is 0 Å². The molecule has 1 aliphatic heterocycles. The molecule has 0 N–H and O–H groups in total. The van der Waals surface area contributed by atoms with Crippen LogP contribution in [0.3, 0.4) is 0 Å². The van der Waals surface area contributed by atoms with Crippen LogP contribution < -0.4 is 5.56 Å². The van der Waals surface area contributed by atoms with Gasteiger partial charge in [0.2, 0.25) is 5.91 Å². The van der Waals surface area contributed by atoms with Crippen molar-refractivity contribution < 1.29 is 9.59 Å². The van der Waals surface area contributed by atoms with E-state index in [4.69, 9.17) is 23.2 Å². The smallest absolute Gasteiger partial charge is 0.269 e. The fourth-order valence-electron chi connectivity index (χ4n) is 3.51. The summed E-state index contributed by atoms with van der Waals surface area (Å²) >= 11 is 12.2. The molecule has 1 fully saturated rings. The first kappa shape index (κ1) is 20.4. The predicted molar refractivity (Wildman–Crippen MR) is 115 cm³/mol. The molecule has 0 spiro atoms. The lowest BCUT2D eigenvalue weighted by molar-refractivity contribution is -0.133. The normalized spacial score (nSPS) is 14.2. The number of benzene rings is 2. The lowest BCUT2D eigenvalue weighted by Gasteiger charge is -2.35. The summed E-state index contributed by atoms with van der Waals surface area (Å²) in [7, 11) is 0. The van der Waals surface area contributed by atoms with Crippen LogP contribution in [0, 0.1) is 0 Å². The number of hydrogen-bond acceptors (Lipinski definition) is 4. The van der Waals surface area contributed by atoms with E-state index in [1.807, 2.05) is 6.07 Å². The fraction of sp³-hybridized carbons (Fsp3) is 0.238. The molecule has 30 heavy (non-hydrogen) atoms. The Morgan fingerprint density at radius 1 is 0.933 bits per heavy atom. The second-order valence-electron chi connectivity index (χ2n) is 6.95. The third kappa shape index (κ3) is 3.91. The Bertz CT molecular complexity index is 1190. The maximum atomic E-state index is 12.8. The highest BCUT2D eigenvalue weighted by atomic mass is 35.5. The van der Waals surface area contributed by atoms with Crippen molar-refractivity contribution in [3.8, 4) is 0 Å². The Labute approximate surface area is 182 Å². The molecule has 0 aliphatic carbocycles. The first-order valence-corrected chi connectivity index (χ1v) is 10.2. The van der Waals surface area contributed by atoms with Crippen molar-refractivity contribution in [2.24, 2.45) is 0 Å². The number of aromatic nitrogens is 2. The molecule has 1 aromatic heterocycles. The molecule has 0 unspecified atom stereocenters. The van der Waals surface area contributed by atoms with E-state index in [1.165, 1.54) is 10.8 Å². The average Bonchev–Trinajstić information content (AvgIpc) is 2.77. The van der Waals surface area contributed by atoms with Gasteiger partial charge in [-0.3, -0.25) is 19.0 Å². The topological polar surface area (TPSA) is 75.5 Å². The monoisotopic (exact) mass is 444 g/mol. The van der Waals surface area contributed by atoms with E-state index >= 15 is 0 Å². The minimum atomic E-state index is -0.327. The molecule has 0 saturated carbocycles. The molecular formula is C21H18Cl2N4O3.